The molecule has 1 amide bonds. The number of carbonyl (C=O) groups excluding carboxylic acids is 1. The summed E-state index contributed by atoms with van der Waals surface area (Å²) in [6, 6.07) is 15.8. The van der Waals surface area contributed by atoms with Gasteiger partial charge in [0.15, 0.2) is 11.2 Å². The molecule has 5 aromatic rings. The molecule has 7 heteroatoms. The van der Waals surface area contributed by atoms with Crippen LogP contribution in [0.2, 0.25) is 0 Å². The van der Waals surface area contributed by atoms with Crippen LogP contribution in [-0.4, -0.2) is 16.0 Å². The van der Waals surface area contributed by atoms with Gasteiger partial charge in [0.25, 0.3) is 5.91 Å². The second-order valence-electron chi connectivity index (χ2n) is 7.50. The van der Waals surface area contributed by atoms with E-state index in [1.165, 1.54) is 4.90 Å². The standard InChI is InChI=1S/C24H15N3O4/c1-13-11-18(26-31-13)27-20(15-6-4-10-25-12-15)19-21(28)17-9-8-14-5-2-3-7-16(14)22(17)30-23(19)24(27)29/h2-12,20H,1H3. The van der Waals surface area contributed by atoms with E-state index in [4.69, 9.17) is 8.94 Å². The van der Waals surface area contributed by atoms with Crippen LogP contribution >= 0.6 is 0 Å². The number of aryl methyl sites for hydroxylation is 1. The molecule has 1 unspecified atom stereocenters. The number of benzene rings is 2. The first-order valence-electron chi connectivity index (χ1n) is 9.79. The molecular weight excluding hydrogens is 394 g/mol. The Morgan fingerprint density at radius 3 is 2.65 bits per heavy atom. The Morgan fingerprint density at radius 2 is 1.87 bits per heavy atom. The van der Waals surface area contributed by atoms with Gasteiger partial charge in [-0.2, -0.15) is 0 Å². The molecule has 0 saturated carbocycles. The molecule has 4 heterocycles. The van der Waals surface area contributed by atoms with E-state index in [2.05, 4.69) is 10.1 Å². The van der Waals surface area contributed by atoms with Crippen molar-refractivity contribution in [2.45, 2.75) is 13.0 Å². The van der Waals surface area contributed by atoms with Crippen molar-refractivity contribution >= 4 is 33.5 Å². The zero-order chi connectivity index (χ0) is 21.1. The van der Waals surface area contributed by atoms with Crippen LogP contribution in [0.3, 0.4) is 0 Å². The summed E-state index contributed by atoms with van der Waals surface area (Å²) in [6.45, 7) is 1.74. The Morgan fingerprint density at radius 1 is 1.00 bits per heavy atom. The SMILES string of the molecule is Cc1cc(N2C(=O)c3oc4c(ccc5ccccc54)c(=O)c3C2c2cccnc2)no1. The van der Waals surface area contributed by atoms with Gasteiger partial charge < -0.3 is 8.94 Å². The minimum atomic E-state index is -0.715. The summed E-state index contributed by atoms with van der Waals surface area (Å²) in [6.07, 6.45) is 3.28. The number of nitrogens with zero attached hydrogens (tertiary/aromatic N) is 3. The van der Waals surface area contributed by atoms with Crippen LogP contribution in [0.15, 0.2) is 80.7 Å². The molecule has 31 heavy (non-hydrogen) atoms. The molecule has 150 valence electrons. The average molecular weight is 409 g/mol. The Bertz CT molecular complexity index is 1550. The number of anilines is 1. The van der Waals surface area contributed by atoms with Gasteiger partial charge in [-0.25, -0.2) is 0 Å². The van der Waals surface area contributed by atoms with Crippen molar-refractivity contribution in [2.75, 3.05) is 4.90 Å². The van der Waals surface area contributed by atoms with E-state index in [-0.39, 0.29) is 16.8 Å². The molecule has 0 fully saturated rings. The fourth-order valence-corrected chi connectivity index (χ4v) is 4.26. The van der Waals surface area contributed by atoms with Crippen molar-refractivity contribution in [2.24, 2.45) is 0 Å². The van der Waals surface area contributed by atoms with Crippen LogP contribution < -0.4 is 10.3 Å². The van der Waals surface area contributed by atoms with Gasteiger partial charge in [0.1, 0.15) is 11.3 Å². The topological polar surface area (TPSA) is 89.4 Å². The van der Waals surface area contributed by atoms with Crippen molar-refractivity contribution in [1.29, 1.82) is 0 Å². The maximum Gasteiger partial charge on any atom is 0.296 e. The summed E-state index contributed by atoms with van der Waals surface area (Å²) in [5.74, 6) is 0.447. The smallest absolute Gasteiger partial charge is 0.296 e. The molecule has 0 spiro atoms. The van der Waals surface area contributed by atoms with Crippen molar-refractivity contribution < 1.29 is 13.7 Å². The normalized spacial score (nSPS) is 15.7. The third kappa shape index (κ3) is 2.46. The van der Waals surface area contributed by atoms with E-state index in [1.54, 1.807) is 37.5 Å². The van der Waals surface area contributed by atoms with E-state index in [0.29, 0.717) is 28.1 Å². The molecular formula is C24H15N3O4. The lowest BCUT2D eigenvalue weighted by Crippen LogP contribution is -2.29. The quantitative estimate of drug-likeness (QED) is 0.402. The van der Waals surface area contributed by atoms with Gasteiger partial charge in [-0.05, 0) is 30.0 Å². The lowest BCUT2D eigenvalue weighted by molar-refractivity contribution is 0.0969. The molecule has 1 atom stereocenters. The Balaban J connectivity index is 1.70. The van der Waals surface area contributed by atoms with Gasteiger partial charge in [0, 0.05) is 23.8 Å². The number of fused-ring (bicyclic) bond motifs is 4. The fraction of sp³-hybridized carbons (Fsp3) is 0.0833. The molecule has 1 aliphatic rings. The Hall–Kier alpha value is -4.26. The highest BCUT2D eigenvalue weighted by atomic mass is 16.5. The molecule has 7 nitrogen and oxygen atoms in total. The highest BCUT2D eigenvalue weighted by Gasteiger charge is 2.45. The number of hydrogen-bond donors (Lipinski definition) is 0. The van der Waals surface area contributed by atoms with E-state index in [1.807, 2.05) is 36.4 Å². The van der Waals surface area contributed by atoms with Crippen molar-refractivity contribution in [3.8, 4) is 0 Å². The third-order valence-electron chi connectivity index (χ3n) is 5.62. The van der Waals surface area contributed by atoms with Crippen LogP contribution in [0, 0.1) is 6.92 Å². The first-order chi connectivity index (χ1) is 15.1. The molecule has 0 N–H and O–H groups in total. The van der Waals surface area contributed by atoms with E-state index < -0.39 is 11.9 Å². The number of rotatable bonds is 2. The largest absolute Gasteiger partial charge is 0.450 e. The molecule has 0 saturated heterocycles. The van der Waals surface area contributed by atoms with Crippen LogP contribution in [0.4, 0.5) is 5.82 Å². The number of carbonyl (C=O) groups is 1. The fourth-order valence-electron chi connectivity index (χ4n) is 4.26. The molecule has 3 aromatic heterocycles. The molecule has 1 aliphatic heterocycles. The lowest BCUT2D eigenvalue weighted by atomic mass is 9.98. The van der Waals surface area contributed by atoms with Gasteiger partial charge in [0.05, 0.1) is 17.0 Å². The summed E-state index contributed by atoms with van der Waals surface area (Å²) in [4.78, 5) is 32.8. The zero-order valence-electron chi connectivity index (χ0n) is 16.4. The predicted molar refractivity (Wildman–Crippen MR) is 114 cm³/mol. The molecule has 6 rings (SSSR count). The highest BCUT2D eigenvalue weighted by Crippen LogP contribution is 2.41. The van der Waals surface area contributed by atoms with Crippen LogP contribution in [0.5, 0.6) is 0 Å². The van der Waals surface area contributed by atoms with Gasteiger partial charge >= 0.3 is 0 Å². The summed E-state index contributed by atoms with van der Waals surface area (Å²) in [5, 5.41) is 6.16. The molecule has 0 bridgehead atoms. The summed E-state index contributed by atoms with van der Waals surface area (Å²) in [5.41, 5.74) is 1.12. The Labute approximate surface area is 175 Å². The number of pyridine rings is 1. The first kappa shape index (κ1) is 17.6. The molecule has 2 aromatic carbocycles. The van der Waals surface area contributed by atoms with E-state index in [0.717, 1.165) is 10.8 Å². The number of hydrogen-bond acceptors (Lipinski definition) is 6. The second-order valence-corrected chi connectivity index (χ2v) is 7.50. The first-order valence-corrected chi connectivity index (χ1v) is 9.79. The molecule has 0 aliphatic carbocycles. The van der Waals surface area contributed by atoms with Gasteiger partial charge in [-0.15, -0.1) is 0 Å². The maximum atomic E-state index is 13.7. The van der Waals surface area contributed by atoms with Crippen LogP contribution in [0.25, 0.3) is 21.7 Å². The highest BCUT2D eigenvalue weighted by molar-refractivity contribution is 6.12. The third-order valence-corrected chi connectivity index (χ3v) is 5.62. The maximum absolute atomic E-state index is 13.7. The van der Waals surface area contributed by atoms with Crippen molar-refractivity contribution in [1.82, 2.24) is 10.1 Å². The second kappa shape index (κ2) is 6.37. The van der Waals surface area contributed by atoms with E-state index in [9.17, 15) is 9.59 Å². The van der Waals surface area contributed by atoms with Gasteiger partial charge in [0.2, 0.25) is 5.76 Å². The minimum Gasteiger partial charge on any atom is -0.450 e. The minimum absolute atomic E-state index is 0.0170. The average Bonchev–Trinajstić information content (AvgIpc) is 3.35. The van der Waals surface area contributed by atoms with Crippen molar-refractivity contribution in [3.63, 3.8) is 0 Å². The summed E-state index contributed by atoms with van der Waals surface area (Å²) >= 11 is 0. The van der Waals surface area contributed by atoms with Crippen LogP contribution in [0.1, 0.15) is 33.5 Å². The zero-order valence-corrected chi connectivity index (χ0v) is 16.4. The van der Waals surface area contributed by atoms with Crippen LogP contribution in [-0.2, 0) is 0 Å². The predicted octanol–water partition coefficient (Wildman–Crippen LogP) is 4.39. The summed E-state index contributed by atoms with van der Waals surface area (Å²) < 4.78 is 11.4. The monoisotopic (exact) mass is 409 g/mol. The van der Waals surface area contributed by atoms with Gasteiger partial charge in [-0.3, -0.25) is 19.5 Å². The Kier molecular flexibility index (Phi) is 3.61. The number of amides is 1. The van der Waals surface area contributed by atoms with E-state index >= 15 is 0 Å². The van der Waals surface area contributed by atoms with Crippen molar-refractivity contribution in [3.05, 3.63) is 99.9 Å². The number of aromatic nitrogens is 2. The van der Waals surface area contributed by atoms with Gasteiger partial charge in [-0.1, -0.05) is 41.6 Å². The lowest BCUT2D eigenvalue weighted by Gasteiger charge is -2.21. The molecule has 0 radical (unpaired) electrons. The summed E-state index contributed by atoms with van der Waals surface area (Å²) in [7, 11) is 0.